The zero-order chi connectivity index (χ0) is 31.6. The van der Waals surface area contributed by atoms with Crippen LogP contribution in [0.3, 0.4) is 0 Å². The molecule has 228 valence electrons. The van der Waals surface area contributed by atoms with Crippen LogP contribution < -0.4 is 36.6 Å². The predicted molar refractivity (Wildman–Crippen MR) is 204 cm³/mol. The Morgan fingerprint density at radius 3 is 1.59 bits per heavy atom. The number of benzene rings is 6. The summed E-state index contributed by atoms with van der Waals surface area (Å²) >= 11 is 6.40. The second-order valence-electron chi connectivity index (χ2n) is 12.2. The van der Waals surface area contributed by atoms with Crippen molar-refractivity contribution >= 4 is 58.6 Å². The van der Waals surface area contributed by atoms with E-state index in [4.69, 9.17) is 16.3 Å². The van der Waals surface area contributed by atoms with Crippen LogP contribution in [0.4, 0.5) is 0 Å². The molecule has 0 aromatic heterocycles. The first-order chi connectivity index (χ1) is 22.6. The van der Waals surface area contributed by atoms with E-state index in [2.05, 4.69) is 183 Å². The second-order valence-corrected chi connectivity index (χ2v) is 18.3. The van der Waals surface area contributed by atoms with E-state index in [0.29, 0.717) is 5.88 Å². The zero-order valence-corrected chi connectivity index (χ0v) is 28.8. The Labute approximate surface area is 279 Å². The second kappa shape index (κ2) is 13.0. The summed E-state index contributed by atoms with van der Waals surface area (Å²) in [5, 5.41) is 7.68. The Hall–Kier alpha value is -3.99. The van der Waals surface area contributed by atoms with Gasteiger partial charge in [-0.2, -0.15) is 0 Å². The molecule has 6 aromatic rings. The predicted octanol–water partition coefficient (Wildman–Crippen LogP) is 8.66. The van der Waals surface area contributed by atoms with Gasteiger partial charge in [0.1, 0.15) is 0 Å². The van der Waals surface area contributed by atoms with E-state index in [9.17, 15) is 0 Å². The molecule has 7 rings (SSSR count). The standard InChI is InChI=1S/C42H37ClOP2/c1-42(2)36-26-15-28-38(45(32-18-7-3-8-19-32)33-20-9-4-10-21-33)40(36)44-41-37(42)27-16-29-39(41)46(31-17-30-43,34-22-11-5-12-23-34)35-24-13-6-14-25-35/h3-29,31,46H,30H2,1-2H3. The maximum atomic E-state index is 7.41. The number of alkyl halides is 1. The topological polar surface area (TPSA) is 9.23 Å². The number of hydrogen-bond donors (Lipinski definition) is 0. The monoisotopic (exact) mass is 654 g/mol. The van der Waals surface area contributed by atoms with Crippen molar-refractivity contribution in [3.05, 3.63) is 181 Å². The van der Waals surface area contributed by atoms with Gasteiger partial charge in [-0.3, -0.25) is 0 Å². The van der Waals surface area contributed by atoms with Crippen LogP contribution in [-0.2, 0) is 5.41 Å². The molecule has 0 saturated heterocycles. The number of allylic oxidation sites excluding steroid dienone is 1. The molecule has 0 unspecified atom stereocenters. The number of ether oxygens (including phenoxy) is 1. The quantitative estimate of drug-likeness (QED) is 0.118. The molecule has 0 fully saturated rings. The molecule has 1 heterocycles. The third kappa shape index (κ3) is 5.32. The summed E-state index contributed by atoms with van der Waals surface area (Å²) in [4.78, 5) is 0. The molecule has 0 radical (unpaired) electrons. The minimum absolute atomic E-state index is 0.285. The Bertz CT molecular complexity index is 1890. The van der Waals surface area contributed by atoms with Gasteiger partial charge < -0.3 is 0 Å². The molecule has 0 aliphatic carbocycles. The van der Waals surface area contributed by atoms with Crippen LogP contribution in [-0.4, -0.2) is 5.88 Å². The molecule has 1 aliphatic rings. The van der Waals surface area contributed by atoms with E-state index < -0.39 is 15.2 Å². The van der Waals surface area contributed by atoms with Crippen LogP contribution in [0.15, 0.2) is 170 Å². The molecular weight excluding hydrogens is 618 g/mol. The van der Waals surface area contributed by atoms with Crippen molar-refractivity contribution in [3.63, 3.8) is 0 Å². The first-order valence-corrected chi connectivity index (χ1v) is 19.7. The molecule has 6 aromatic carbocycles. The molecular formula is C42H37ClOP2. The molecule has 46 heavy (non-hydrogen) atoms. The number of rotatable bonds is 8. The molecule has 0 amide bonds. The summed E-state index contributed by atoms with van der Waals surface area (Å²) in [7, 11) is -3.64. The summed E-state index contributed by atoms with van der Waals surface area (Å²) in [6.07, 6.45) is 2.13. The first kappa shape index (κ1) is 30.7. The van der Waals surface area contributed by atoms with Crippen LogP contribution in [0, 0.1) is 0 Å². The van der Waals surface area contributed by atoms with Gasteiger partial charge in [-0.1, -0.05) is 0 Å². The van der Waals surface area contributed by atoms with Gasteiger partial charge in [0.05, 0.1) is 0 Å². The van der Waals surface area contributed by atoms with E-state index in [1.54, 1.807) is 0 Å². The number of fused-ring (bicyclic) bond motifs is 2. The normalized spacial score (nSPS) is 14.0. The summed E-state index contributed by atoms with van der Waals surface area (Å²) in [5.41, 5.74) is 2.14. The molecule has 0 atom stereocenters. The summed E-state index contributed by atoms with van der Waals surface area (Å²) in [6, 6.07) is 57.2. The molecule has 0 N–H and O–H groups in total. The Morgan fingerprint density at radius 2 is 1.07 bits per heavy atom. The first-order valence-electron chi connectivity index (χ1n) is 15.8. The van der Waals surface area contributed by atoms with Gasteiger partial charge in [-0.15, -0.1) is 0 Å². The van der Waals surface area contributed by atoms with Crippen LogP contribution in [0.5, 0.6) is 11.5 Å². The average molecular weight is 655 g/mol. The molecule has 4 heteroatoms. The van der Waals surface area contributed by atoms with E-state index in [0.717, 1.165) is 11.5 Å². The Morgan fingerprint density at radius 1 is 0.587 bits per heavy atom. The Balaban J connectivity index is 1.51. The van der Waals surface area contributed by atoms with E-state index in [1.165, 1.54) is 43.0 Å². The van der Waals surface area contributed by atoms with Crippen molar-refractivity contribution in [3.8, 4) is 11.5 Å². The van der Waals surface area contributed by atoms with Crippen LogP contribution in [0.2, 0.25) is 0 Å². The number of para-hydroxylation sites is 2. The van der Waals surface area contributed by atoms with Crippen molar-refractivity contribution in [1.82, 2.24) is 0 Å². The van der Waals surface area contributed by atoms with Gasteiger partial charge in [0.2, 0.25) is 0 Å². The molecule has 0 bridgehead atoms. The van der Waals surface area contributed by atoms with Crippen LogP contribution in [0.1, 0.15) is 25.0 Å². The van der Waals surface area contributed by atoms with E-state index >= 15 is 0 Å². The zero-order valence-electron chi connectivity index (χ0n) is 26.1. The summed E-state index contributed by atoms with van der Waals surface area (Å²) in [6.45, 7) is 4.69. The van der Waals surface area contributed by atoms with Gasteiger partial charge in [-0.25, -0.2) is 0 Å². The minimum atomic E-state index is -2.77. The third-order valence-electron chi connectivity index (χ3n) is 9.17. The van der Waals surface area contributed by atoms with Crippen molar-refractivity contribution in [2.24, 2.45) is 0 Å². The van der Waals surface area contributed by atoms with Gasteiger partial charge in [-0.05, 0) is 0 Å². The fourth-order valence-electron chi connectivity index (χ4n) is 6.96. The maximum absolute atomic E-state index is 7.41. The van der Waals surface area contributed by atoms with Crippen molar-refractivity contribution in [2.45, 2.75) is 19.3 Å². The SMILES string of the molecule is CC1(C)c2cccc(P(c3ccccc3)c3ccccc3)c2Oc2c1cccc2[PH](C=CCCl)(c1ccccc1)c1ccccc1. The van der Waals surface area contributed by atoms with Crippen molar-refractivity contribution < 1.29 is 4.74 Å². The van der Waals surface area contributed by atoms with E-state index in [-0.39, 0.29) is 5.41 Å². The molecule has 0 saturated carbocycles. The van der Waals surface area contributed by atoms with Crippen molar-refractivity contribution in [2.75, 3.05) is 5.88 Å². The van der Waals surface area contributed by atoms with Gasteiger partial charge >= 0.3 is 281 Å². The van der Waals surface area contributed by atoms with Crippen LogP contribution in [0.25, 0.3) is 0 Å². The molecule has 0 spiro atoms. The van der Waals surface area contributed by atoms with Gasteiger partial charge in [0.15, 0.2) is 0 Å². The summed E-state index contributed by atoms with van der Waals surface area (Å²) in [5.74, 6) is 4.80. The van der Waals surface area contributed by atoms with E-state index in [1.807, 2.05) is 0 Å². The molecule has 1 nitrogen and oxygen atoms in total. The van der Waals surface area contributed by atoms with Crippen molar-refractivity contribution in [1.29, 1.82) is 0 Å². The fraction of sp³-hybridized carbons (Fsp3) is 0.0952. The number of hydrogen-bond acceptors (Lipinski definition) is 1. The third-order valence-corrected chi connectivity index (χ3v) is 16.3. The van der Waals surface area contributed by atoms with Crippen LogP contribution >= 0.6 is 26.8 Å². The Kier molecular flexibility index (Phi) is 8.68. The van der Waals surface area contributed by atoms with Gasteiger partial charge in [0, 0.05) is 0 Å². The fourth-order valence-corrected chi connectivity index (χ4v) is 13.9. The van der Waals surface area contributed by atoms with Gasteiger partial charge in [0.25, 0.3) is 0 Å². The summed E-state index contributed by atoms with van der Waals surface area (Å²) < 4.78 is 7.41. The molecule has 1 aliphatic heterocycles. The number of halogens is 1. The average Bonchev–Trinajstić information content (AvgIpc) is 3.11.